The summed E-state index contributed by atoms with van der Waals surface area (Å²) in [7, 11) is 3.72. The van der Waals surface area contributed by atoms with E-state index in [1.807, 2.05) is 11.0 Å². The van der Waals surface area contributed by atoms with Crippen LogP contribution >= 0.6 is 0 Å². The fourth-order valence-electron chi connectivity index (χ4n) is 10.8. The van der Waals surface area contributed by atoms with Crippen LogP contribution in [0.25, 0.3) is 10.9 Å². The second-order valence-corrected chi connectivity index (χ2v) is 20.4. The Balaban J connectivity index is 0.766. The average molecular weight is 1050 g/mol. The number of benzene rings is 1. The number of alkyl halides is 3. The fraction of sp³-hybridized carbons (Fsp3) is 0.615. The molecule has 0 unspecified atom stereocenters. The van der Waals surface area contributed by atoms with Gasteiger partial charge in [-0.2, -0.15) is 13.2 Å². The van der Waals surface area contributed by atoms with Crippen molar-refractivity contribution >= 4 is 58.1 Å². The second-order valence-electron chi connectivity index (χ2n) is 20.4. The number of anilines is 1. The number of ether oxygens (including phenoxy) is 1. The molecule has 0 spiro atoms. The third kappa shape index (κ3) is 14.9. The first-order valence-corrected chi connectivity index (χ1v) is 26.1. The van der Waals surface area contributed by atoms with Gasteiger partial charge in [-0.15, -0.1) is 0 Å². The molecule has 408 valence electrons. The molecule has 4 fully saturated rings. The number of halogens is 3. The van der Waals surface area contributed by atoms with Crippen LogP contribution in [0.1, 0.15) is 108 Å². The van der Waals surface area contributed by atoms with Crippen LogP contribution in [0.15, 0.2) is 49.1 Å². The highest BCUT2D eigenvalue weighted by atomic mass is 19.4. The fourth-order valence-corrected chi connectivity index (χ4v) is 10.8. The number of hydrogen-bond donors (Lipinski definition) is 6. The number of pyridine rings is 1. The standard InChI is InChI=1S/C52H71F3N12O8/c1-31(2)65(3)36-12-14-42(67-23-17-40(51(67)74)63-48-37-26-34(52(53,54)55)9-13-39(37)60-30-61-48)41(27-36)64-49(72)32-7-10-35(11-8-32)62-45(70)18-24-75-25-22-58-44(69)15-20-57-43(68)16-21-59-50(73)38-28-46(71)66(4)47(38)33-6-5-19-56-29-33/h5-6,9,13,19,26,29-32,35-36,38,40-42,47H,7-8,10-12,14-18,20-25,27-28H2,1-4H3,(H,57,68)(H,58,69)(H,59,73)(H,62,70)(H,64,72)(H,60,61,63)/t32-,35+,36-,38+,40+,41-,42+,47-/m1/s1. The Kier molecular flexibility index (Phi) is 19.4. The van der Waals surface area contributed by atoms with Gasteiger partial charge in [-0.25, -0.2) is 9.97 Å². The molecule has 1 aromatic carbocycles. The Morgan fingerprint density at radius 2 is 1.57 bits per heavy atom. The lowest BCUT2D eigenvalue weighted by molar-refractivity contribution is -0.137. The Morgan fingerprint density at radius 3 is 2.28 bits per heavy atom. The highest BCUT2D eigenvalue weighted by Gasteiger charge is 2.45. The van der Waals surface area contributed by atoms with Gasteiger partial charge in [-0.05, 0) is 102 Å². The van der Waals surface area contributed by atoms with Crippen LogP contribution in [0.3, 0.4) is 0 Å². The van der Waals surface area contributed by atoms with Gasteiger partial charge in [0.2, 0.25) is 41.4 Å². The topological polar surface area (TPSA) is 249 Å². The van der Waals surface area contributed by atoms with Gasteiger partial charge in [0.15, 0.2) is 0 Å². The molecule has 2 saturated carbocycles. The smallest absolute Gasteiger partial charge is 0.379 e. The minimum Gasteiger partial charge on any atom is -0.379 e. The van der Waals surface area contributed by atoms with Gasteiger partial charge >= 0.3 is 6.18 Å². The van der Waals surface area contributed by atoms with Crippen molar-refractivity contribution in [1.29, 1.82) is 0 Å². The Morgan fingerprint density at radius 1 is 0.840 bits per heavy atom. The maximum atomic E-state index is 14.1. The maximum Gasteiger partial charge on any atom is 0.416 e. The highest BCUT2D eigenvalue weighted by Crippen LogP contribution is 2.38. The lowest BCUT2D eigenvalue weighted by atomic mass is 9.82. The predicted octanol–water partition coefficient (Wildman–Crippen LogP) is 3.23. The van der Waals surface area contributed by atoms with Crippen molar-refractivity contribution in [2.24, 2.45) is 11.8 Å². The summed E-state index contributed by atoms with van der Waals surface area (Å²) >= 11 is 0. The van der Waals surface area contributed by atoms with Crippen LogP contribution in [0, 0.1) is 11.8 Å². The van der Waals surface area contributed by atoms with Crippen LogP contribution in [-0.4, -0.2) is 161 Å². The molecule has 23 heteroatoms. The normalized spacial score (nSPS) is 24.1. The van der Waals surface area contributed by atoms with Crippen molar-refractivity contribution in [3.05, 3.63) is 60.2 Å². The quantitative estimate of drug-likeness (QED) is 0.0793. The van der Waals surface area contributed by atoms with E-state index in [0.29, 0.717) is 57.0 Å². The Bertz CT molecular complexity index is 2500. The maximum absolute atomic E-state index is 14.1. The predicted molar refractivity (Wildman–Crippen MR) is 270 cm³/mol. The number of fused-ring (bicyclic) bond motifs is 1. The van der Waals surface area contributed by atoms with Crippen LogP contribution in [0.4, 0.5) is 19.0 Å². The zero-order chi connectivity index (χ0) is 53.8. The summed E-state index contributed by atoms with van der Waals surface area (Å²) in [5.74, 6) is -2.26. The third-order valence-corrected chi connectivity index (χ3v) is 15.2. The molecule has 2 aromatic heterocycles. The molecule has 7 amide bonds. The monoisotopic (exact) mass is 1050 g/mol. The molecule has 4 aliphatic rings. The number of carbonyl (C=O) groups excluding carboxylic acids is 7. The molecular weight excluding hydrogens is 978 g/mol. The minimum atomic E-state index is -4.56. The summed E-state index contributed by atoms with van der Waals surface area (Å²) in [6, 6.07) is 5.43. The van der Waals surface area contributed by atoms with Crippen LogP contribution in [-0.2, 0) is 44.5 Å². The van der Waals surface area contributed by atoms with E-state index in [2.05, 4.69) is 72.6 Å². The number of likely N-dealkylation sites (tertiary alicyclic amines) is 2. The van der Waals surface area contributed by atoms with Gasteiger partial charge in [-0.1, -0.05) is 6.07 Å². The molecule has 0 radical (unpaired) electrons. The summed E-state index contributed by atoms with van der Waals surface area (Å²) in [4.78, 5) is 109. The van der Waals surface area contributed by atoms with Crippen molar-refractivity contribution in [1.82, 2.24) is 56.2 Å². The zero-order valence-electron chi connectivity index (χ0n) is 43.1. The SMILES string of the molecule is CC(C)N(C)[C@@H]1CC[C@H](N2CC[C@H](Nc3ncnc4ccc(C(F)(F)F)cc34)C2=O)[C@H](NC(=O)[C@H]2CC[C@@H](NC(=O)CCOCCNC(=O)CCNC(=O)CCNC(=O)[C@H]3CC(=O)N(C)[C@@H]3c3cccnc3)CC2)C1. The molecule has 20 nitrogen and oxygen atoms in total. The van der Waals surface area contributed by atoms with Gasteiger partial charge in [0, 0.05) is 101 Å². The summed E-state index contributed by atoms with van der Waals surface area (Å²) in [6.45, 7) is 5.38. The summed E-state index contributed by atoms with van der Waals surface area (Å²) in [5, 5.41) is 17.8. The number of carbonyl (C=O) groups is 7. The lowest BCUT2D eigenvalue weighted by Gasteiger charge is -2.45. The minimum absolute atomic E-state index is 0.00438. The van der Waals surface area contributed by atoms with Crippen LogP contribution in [0.2, 0.25) is 0 Å². The second kappa shape index (κ2) is 25.8. The number of rotatable bonds is 22. The van der Waals surface area contributed by atoms with Crippen LogP contribution < -0.4 is 31.9 Å². The molecule has 4 heterocycles. The number of hydrogen-bond acceptors (Lipinski definition) is 13. The van der Waals surface area contributed by atoms with E-state index in [1.54, 1.807) is 25.5 Å². The average Bonchev–Trinajstić information content (AvgIpc) is 3.90. The summed E-state index contributed by atoms with van der Waals surface area (Å²) < 4.78 is 46.4. The Labute approximate surface area is 434 Å². The molecule has 2 aliphatic heterocycles. The van der Waals surface area contributed by atoms with Crippen molar-refractivity contribution in [2.75, 3.05) is 58.8 Å². The third-order valence-electron chi connectivity index (χ3n) is 15.2. The van der Waals surface area contributed by atoms with Crippen molar-refractivity contribution in [3.63, 3.8) is 0 Å². The van der Waals surface area contributed by atoms with Crippen molar-refractivity contribution < 1.29 is 51.5 Å². The highest BCUT2D eigenvalue weighted by molar-refractivity contribution is 5.94. The van der Waals surface area contributed by atoms with E-state index in [9.17, 15) is 46.7 Å². The van der Waals surface area contributed by atoms with Crippen molar-refractivity contribution in [3.8, 4) is 0 Å². The van der Waals surface area contributed by atoms with E-state index in [4.69, 9.17) is 4.74 Å². The molecule has 6 atom stereocenters. The summed E-state index contributed by atoms with van der Waals surface area (Å²) in [5.41, 5.74) is 0.243. The van der Waals surface area contributed by atoms with Crippen molar-refractivity contribution in [2.45, 2.75) is 139 Å². The number of nitrogens with one attached hydrogen (secondary N) is 6. The lowest BCUT2D eigenvalue weighted by Crippen LogP contribution is -2.59. The largest absolute Gasteiger partial charge is 0.416 e. The van der Waals surface area contributed by atoms with Gasteiger partial charge < -0.3 is 51.3 Å². The molecule has 0 bridgehead atoms. The molecule has 2 saturated heterocycles. The van der Waals surface area contributed by atoms with Gasteiger partial charge in [-0.3, -0.25) is 38.5 Å². The Hall–Kier alpha value is -6.49. The first-order chi connectivity index (χ1) is 35.9. The van der Waals surface area contributed by atoms with E-state index >= 15 is 0 Å². The first kappa shape index (κ1) is 56.2. The number of aromatic nitrogens is 3. The van der Waals surface area contributed by atoms with E-state index < -0.39 is 29.7 Å². The van der Waals surface area contributed by atoms with Crippen LogP contribution in [0.5, 0.6) is 0 Å². The number of amides is 7. The van der Waals surface area contributed by atoms with Gasteiger partial charge in [0.1, 0.15) is 18.2 Å². The van der Waals surface area contributed by atoms with E-state index in [-0.39, 0.29) is 147 Å². The zero-order valence-corrected chi connectivity index (χ0v) is 43.1. The molecule has 7 rings (SSSR count). The summed E-state index contributed by atoms with van der Waals surface area (Å²) in [6.07, 6.45) is 5.13. The molecule has 75 heavy (non-hydrogen) atoms. The molecule has 2 aliphatic carbocycles. The molecule has 3 aromatic rings. The van der Waals surface area contributed by atoms with Gasteiger partial charge in [0.25, 0.3) is 0 Å². The number of nitrogens with zero attached hydrogens (tertiary/aromatic N) is 6. The van der Waals surface area contributed by atoms with E-state index in [1.165, 1.54) is 17.3 Å². The van der Waals surface area contributed by atoms with Gasteiger partial charge in [0.05, 0.1) is 48.3 Å². The molecule has 6 N–H and O–H groups in total. The first-order valence-electron chi connectivity index (χ1n) is 26.1. The van der Waals surface area contributed by atoms with E-state index in [0.717, 1.165) is 24.1 Å². The molecular formula is C52H71F3N12O8.